The molecule has 1 atom stereocenters. The summed E-state index contributed by atoms with van der Waals surface area (Å²) in [5.74, 6) is 1.06. The van der Waals surface area contributed by atoms with Crippen LogP contribution in [0.25, 0.3) is 0 Å². The van der Waals surface area contributed by atoms with E-state index >= 15 is 0 Å². The highest BCUT2D eigenvalue weighted by molar-refractivity contribution is 4.70. The van der Waals surface area contributed by atoms with Crippen LogP contribution < -0.4 is 5.32 Å². The Labute approximate surface area is 76.9 Å². The predicted molar refractivity (Wildman–Crippen MR) is 54.3 cm³/mol. The van der Waals surface area contributed by atoms with Crippen molar-refractivity contribution in [1.82, 2.24) is 5.32 Å². The minimum atomic E-state index is 0.769. The van der Waals surface area contributed by atoms with Crippen LogP contribution in [0, 0.1) is 5.92 Å². The van der Waals surface area contributed by atoms with Crippen molar-refractivity contribution in [3.05, 3.63) is 0 Å². The molecule has 0 aliphatic heterocycles. The van der Waals surface area contributed by atoms with Crippen molar-refractivity contribution in [3.63, 3.8) is 0 Å². The molecule has 0 saturated heterocycles. The van der Waals surface area contributed by atoms with Gasteiger partial charge in [0.25, 0.3) is 0 Å². The average molecular weight is 169 g/mol. The van der Waals surface area contributed by atoms with E-state index < -0.39 is 0 Å². The van der Waals surface area contributed by atoms with Crippen molar-refractivity contribution in [2.75, 3.05) is 7.05 Å². The Balaban J connectivity index is 2.06. The third-order valence-electron chi connectivity index (χ3n) is 3.30. The molecular formula is C11H23N. The lowest BCUT2D eigenvalue weighted by molar-refractivity contribution is 0.414. The van der Waals surface area contributed by atoms with E-state index in [0.717, 1.165) is 12.0 Å². The summed E-state index contributed by atoms with van der Waals surface area (Å²) in [6.45, 7) is 2.27. The monoisotopic (exact) mass is 169 g/mol. The zero-order valence-electron chi connectivity index (χ0n) is 8.60. The van der Waals surface area contributed by atoms with Gasteiger partial charge in [-0.25, -0.2) is 0 Å². The Kier molecular flexibility index (Phi) is 4.67. The van der Waals surface area contributed by atoms with Crippen molar-refractivity contribution < 1.29 is 0 Å². The van der Waals surface area contributed by atoms with Crippen LogP contribution in [0.1, 0.15) is 51.9 Å². The molecule has 1 heteroatoms. The Morgan fingerprint density at radius 2 is 2.00 bits per heavy atom. The predicted octanol–water partition coefficient (Wildman–Crippen LogP) is 2.95. The van der Waals surface area contributed by atoms with Crippen LogP contribution in [0.4, 0.5) is 0 Å². The van der Waals surface area contributed by atoms with Crippen LogP contribution in [0.5, 0.6) is 0 Å². The van der Waals surface area contributed by atoms with Crippen molar-refractivity contribution in [2.24, 2.45) is 5.92 Å². The molecule has 12 heavy (non-hydrogen) atoms. The summed E-state index contributed by atoms with van der Waals surface area (Å²) in [5, 5.41) is 3.38. The lowest BCUT2D eigenvalue weighted by Gasteiger charge is -2.16. The van der Waals surface area contributed by atoms with Gasteiger partial charge in [0.1, 0.15) is 0 Å². The lowest BCUT2D eigenvalue weighted by atomic mass is 9.98. The first kappa shape index (κ1) is 10.0. The number of hydrogen-bond acceptors (Lipinski definition) is 1. The van der Waals surface area contributed by atoms with Gasteiger partial charge in [0.15, 0.2) is 0 Å². The molecule has 1 aliphatic carbocycles. The smallest absolute Gasteiger partial charge is 0.00615 e. The summed E-state index contributed by atoms with van der Waals surface area (Å²) in [6, 6.07) is 0.769. The normalized spacial score (nSPS) is 21.5. The highest BCUT2D eigenvalue weighted by Gasteiger charge is 2.15. The molecule has 0 spiro atoms. The summed E-state index contributed by atoms with van der Waals surface area (Å²) < 4.78 is 0. The van der Waals surface area contributed by atoms with Crippen LogP contribution in [-0.4, -0.2) is 13.1 Å². The summed E-state index contributed by atoms with van der Waals surface area (Å²) in [7, 11) is 2.09. The second-order valence-corrected chi connectivity index (χ2v) is 4.12. The van der Waals surface area contributed by atoms with Gasteiger partial charge in [-0.1, -0.05) is 32.6 Å². The number of rotatable bonds is 5. The molecule has 1 aliphatic rings. The largest absolute Gasteiger partial charge is 0.317 e. The molecule has 0 aromatic carbocycles. The van der Waals surface area contributed by atoms with E-state index in [1.165, 1.54) is 44.9 Å². The van der Waals surface area contributed by atoms with Crippen LogP contribution in [0.15, 0.2) is 0 Å². The van der Waals surface area contributed by atoms with Gasteiger partial charge >= 0.3 is 0 Å². The molecule has 0 bridgehead atoms. The Morgan fingerprint density at radius 1 is 1.33 bits per heavy atom. The maximum atomic E-state index is 3.38. The molecule has 0 aromatic heterocycles. The average Bonchev–Trinajstić information content (AvgIpc) is 2.59. The molecule has 72 valence electrons. The lowest BCUT2D eigenvalue weighted by Crippen LogP contribution is -2.24. The Morgan fingerprint density at radius 3 is 2.50 bits per heavy atom. The minimum absolute atomic E-state index is 0.769. The number of nitrogens with one attached hydrogen (secondary N) is 1. The second-order valence-electron chi connectivity index (χ2n) is 4.12. The van der Waals surface area contributed by atoms with Crippen LogP contribution in [-0.2, 0) is 0 Å². The van der Waals surface area contributed by atoms with E-state index in [1.54, 1.807) is 0 Å². The maximum Gasteiger partial charge on any atom is 0.00615 e. The van der Waals surface area contributed by atoms with Gasteiger partial charge in [-0.3, -0.25) is 0 Å². The molecule has 0 radical (unpaired) electrons. The van der Waals surface area contributed by atoms with Crippen molar-refractivity contribution in [1.29, 1.82) is 0 Å². The summed E-state index contributed by atoms with van der Waals surface area (Å²) in [4.78, 5) is 0. The van der Waals surface area contributed by atoms with Crippen LogP contribution in [0.3, 0.4) is 0 Å². The first-order chi connectivity index (χ1) is 5.86. The SMILES string of the molecule is CCC(CCC1CCCC1)NC. The number of hydrogen-bond donors (Lipinski definition) is 1. The molecule has 0 amide bonds. The molecular weight excluding hydrogens is 146 g/mol. The second kappa shape index (κ2) is 5.58. The van der Waals surface area contributed by atoms with Gasteiger partial charge in [0.05, 0.1) is 0 Å². The van der Waals surface area contributed by atoms with Gasteiger partial charge in [0, 0.05) is 6.04 Å². The van der Waals surface area contributed by atoms with E-state index in [9.17, 15) is 0 Å². The summed E-state index contributed by atoms with van der Waals surface area (Å²) in [6.07, 6.45) is 10.1. The zero-order valence-corrected chi connectivity index (χ0v) is 8.60. The molecule has 1 saturated carbocycles. The molecule has 1 nitrogen and oxygen atoms in total. The third kappa shape index (κ3) is 3.14. The van der Waals surface area contributed by atoms with E-state index in [-0.39, 0.29) is 0 Å². The van der Waals surface area contributed by atoms with E-state index in [2.05, 4.69) is 19.3 Å². The fourth-order valence-corrected chi connectivity index (χ4v) is 2.29. The molecule has 0 aromatic rings. The topological polar surface area (TPSA) is 12.0 Å². The van der Waals surface area contributed by atoms with E-state index in [0.29, 0.717) is 0 Å². The van der Waals surface area contributed by atoms with Crippen molar-refractivity contribution in [3.8, 4) is 0 Å². The maximum absolute atomic E-state index is 3.38. The quantitative estimate of drug-likeness (QED) is 0.667. The van der Waals surface area contributed by atoms with Crippen molar-refractivity contribution >= 4 is 0 Å². The van der Waals surface area contributed by atoms with Gasteiger partial charge in [-0.15, -0.1) is 0 Å². The first-order valence-corrected chi connectivity index (χ1v) is 5.54. The molecule has 1 N–H and O–H groups in total. The Bertz CT molecular complexity index is 99.6. The standard InChI is InChI=1S/C11H23N/c1-3-11(12-2)9-8-10-6-4-5-7-10/h10-12H,3-9H2,1-2H3. The fraction of sp³-hybridized carbons (Fsp3) is 1.00. The van der Waals surface area contributed by atoms with Gasteiger partial charge in [0.2, 0.25) is 0 Å². The molecule has 1 fully saturated rings. The van der Waals surface area contributed by atoms with Gasteiger partial charge in [-0.2, -0.15) is 0 Å². The van der Waals surface area contributed by atoms with E-state index in [1.807, 2.05) is 0 Å². The van der Waals surface area contributed by atoms with Gasteiger partial charge in [-0.05, 0) is 32.2 Å². The molecule has 1 unspecified atom stereocenters. The fourth-order valence-electron chi connectivity index (χ4n) is 2.29. The minimum Gasteiger partial charge on any atom is -0.317 e. The molecule has 1 rings (SSSR count). The van der Waals surface area contributed by atoms with Crippen LogP contribution in [0.2, 0.25) is 0 Å². The van der Waals surface area contributed by atoms with Crippen LogP contribution >= 0.6 is 0 Å². The first-order valence-electron chi connectivity index (χ1n) is 5.54. The molecule has 0 heterocycles. The van der Waals surface area contributed by atoms with Crippen molar-refractivity contribution in [2.45, 2.75) is 57.9 Å². The summed E-state index contributed by atoms with van der Waals surface area (Å²) in [5.41, 5.74) is 0. The van der Waals surface area contributed by atoms with E-state index in [4.69, 9.17) is 0 Å². The highest BCUT2D eigenvalue weighted by atomic mass is 14.9. The van der Waals surface area contributed by atoms with Gasteiger partial charge < -0.3 is 5.32 Å². The third-order valence-corrected chi connectivity index (χ3v) is 3.30. The Hall–Kier alpha value is -0.0400. The highest BCUT2D eigenvalue weighted by Crippen LogP contribution is 2.29. The summed E-state index contributed by atoms with van der Waals surface area (Å²) >= 11 is 0. The zero-order chi connectivity index (χ0) is 8.81.